The molecule has 0 N–H and O–H groups in total. The molecule has 0 unspecified atom stereocenters. The van der Waals surface area contributed by atoms with E-state index >= 15 is 0 Å². The van der Waals surface area contributed by atoms with E-state index < -0.39 is 0 Å². The quantitative estimate of drug-likeness (QED) is 0.469. The van der Waals surface area contributed by atoms with Crippen molar-refractivity contribution in [2.45, 2.75) is 0 Å². The number of hydrogen-bond acceptors (Lipinski definition) is 4. The van der Waals surface area contributed by atoms with Crippen LogP contribution in [0.2, 0.25) is 0 Å². The molecule has 0 aliphatic heterocycles. The van der Waals surface area contributed by atoms with Crippen LogP contribution in [0.1, 0.15) is 0 Å². The highest BCUT2D eigenvalue weighted by Gasteiger charge is 1.92. The average molecular weight is 238 g/mol. The van der Waals surface area contributed by atoms with E-state index in [0.29, 0.717) is 0 Å². The Morgan fingerprint density at radius 1 is 0.611 bits per heavy atom. The molecule has 0 spiro atoms. The summed E-state index contributed by atoms with van der Waals surface area (Å²) in [6.45, 7) is 0. The van der Waals surface area contributed by atoms with Crippen molar-refractivity contribution >= 4 is 21.9 Å². The largest absolute Gasteiger partial charge is 0.356 e. The third-order valence-corrected chi connectivity index (χ3v) is 2.52. The summed E-state index contributed by atoms with van der Waals surface area (Å²) in [5.41, 5.74) is 1.69. The van der Waals surface area contributed by atoms with Gasteiger partial charge in [0.2, 0.25) is 0 Å². The van der Waals surface area contributed by atoms with Crippen molar-refractivity contribution in [1.29, 1.82) is 0 Å². The van der Waals surface area contributed by atoms with Crippen molar-refractivity contribution in [3.05, 3.63) is 60.9 Å². The van der Waals surface area contributed by atoms with Crippen LogP contribution in [0.3, 0.4) is 0 Å². The van der Waals surface area contributed by atoms with Crippen LogP contribution in [-0.2, 0) is 0 Å². The molecule has 0 atom stereocenters. The second-order valence-corrected chi connectivity index (χ2v) is 3.73. The van der Waals surface area contributed by atoms with Gasteiger partial charge in [-0.2, -0.15) is 0 Å². The van der Waals surface area contributed by atoms with Gasteiger partial charge in [-0.05, 0) is 24.3 Å². The van der Waals surface area contributed by atoms with Gasteiger partial charge in [0.05, 0.1) is 12.4 Å². The minimum absolute atomic E-state index is 0.845. The van der Waals surface area contributed by atoms with Crippen molar-refractivity contribution < 1.29 is 9.05 Å². The zero-order chi connectivity index (χ0) is 12.2. The molecule has 4 rings (SSSR count). The van der Waals surface area contributed by atoms with E-state index in [0.717, 1.165) is 21.9 Å². The Labute approximate surface area is 103 Å². The van der Waals surface area contributed by atoms with Crippen LogP contribution in [0.5, 0.6) is 0 Å². The molecule has 88 valence electrons. The average Bonchev–Trinajstić information content (AvgIpc) is 3.08. The standard InChI is InChI=1S/2C7H5NO/c2*1-2-4-7-6(3-1)5-8-9-7/h2*1-5H. The smallest absolute Gasteiger partial charge is 0.166 e. The van der Waals surface area contributed by atoms with Crippen LogP contribution in [-0.4, -0.2) is 10.3 Å². The molecule has 0 aliphatic carbocycles. The lowest BCUT2D eigenvalue weighted by Gasteiger charge is -1.78. The fourth-order valence-electron chi connectivity index (χ4n) is 1.62. The van der Waals surface area contributed by atoms with Gasteiger partial charge in [-0.1, -0.05) is 34.6 Å². The topological polar surface area (TPSA) is 52.1 Å². The molecule has 0 bridgehead atoms. The van der Waals surface area contributed by atoms with Crippen LogP contribution in [0.4, 0.5) is 0 Å². The predicted molar refractivity (Wildman–Crippen MR) is 68.0 cm³/mol. The predicted octanol–water partition coefficient (Wildman–Crippen LogP) is 3.66. The molecule has 0 aliphatic rings. The van der Waals surface area contributed by atoms with Crippen molar-refractivity contribution in [2.75, 3.05) is 0 Å². The molecule has 2 aromatic carbocycles. The van der Waals surface area contributed by atoms with Crippen molar-refractivity contribution in [3.8, 4) is 0 Å². The Bertz CT molecular complexity index is 632. The maximum Gasteiger partial charge on any atom is 0.166 e. The van der Waals surface area contributed by atoms with E-state index in [4.69, 9.17) is 9.05 Å². The Morgan fingerprint density at radius 3 is 1.50 bits per heavy atom. The van der Waals surface area contributed by atoms with Gasteiger partial charge in [0.1, 0.15) is 0 Å². The summed E-state index contributed by atoms with van der Waals surface area (Å²) in [6.07, 6.45) is 3.41. The fourth-order valence-corrected chi connectivity index (χ4v) is 1.62. The molecule has 4 aromatic rings. The third-order valence-electron chi connectivity index (χ3n) is 2.52. The molecule has 2 aromatic heterocycles. The van der Waals surface area contributed by atoms with Gasteiger partial charge in [0, 0.05) is 10.8 Å². The summed E-state index contributed by atoms with van der Waals surface area (Å²) in [4.78, 5) is 0. The van der Waals surface area contributed by atoms with Gasteiger partial charge in [-0.15, -0.1) is 0 Å². The van der Waals surface area contributed by atoms with Gasteiger partial charge in [0.25, 0.3) is 0 Å². The first kappa shape index (κ1) is 10.5. The lowest BCUT2D eigenvalue weighted by Crippen LogP contribution is -1.57. The van der Waals surface area contributed by atoms with E-state index in [9.17, 15) is 0 Å². The molecule has 2 heterocycles. The van der Waals surface area contributed by atoms with E-state index in [1.165, 1.54) is 0 Å². The molecule has 0 fully saturated rings. The molecule has 4 nitrogen and oxygen atoms in total. The summed E-state index contributed by atoms with van der Waals surface area (Å²) in [7, 11) is 0. The van der Waals surface area contributed by atoms with Gasteiger partial charge < -0.3 is 9.05 Å². The number of para-hydroxylation sites is 2. The van der Waals surface area contributed by atoms with Crippen LogP contribution in [0.15, 0.2) is 70.0 Å². The first-order chi connectivity index (χ1) is 8.93. The minimum Gasteiger partial charge on any atom is -0.356 e. The third kappa shape index (κ3) is 2.08. The molecule has 4 heteroatoms. The maximum atomic E-state index is 4.87. The number of aromatic nitrogens is 2. The van der Waals surface area contributed by atoms with E-state index in [1.807, 2.05) is 48.5 Å². The zero-order valence-corrected chi connectivity index (χ0v) is 9.48. The lowest BCUT2D eigenvalue weighted by atomic mass is 10.3. The molecule has 0 saturated carbocycles. The Morgan fingerprint density at radius 2 is 1.06 bits per heavy atom. The molecule has 0 radical (unpaired) electrons. The van der Waals surface area contributed by atoms with Gasteiger partial charge >= 0.3 is 0 Å². The lowest BCUT2D eigenvalue weighted by molar-refractivity contribution is 0.456. The Balaban J connectivity index is 0.000000111. The summed E-state index contributed by atoms with van der Waals surface area (Å²) in [6, 6.07) is 15.5. The number of rotatable bonds is 0. The first-order valence-corrected chi connectivity index (χ1v) is 5.52. The summed E-state index contributed by atoms with van der Waals surface area (Å²) >= 11 is 0. The van der Waals surface area contributed by atoms with Crippen LogP contribution >= 0.6 is 0 Å². The van der Waals surface area contributed by atoms with Crippen molar-refractivity contribution in [1.82, 2.24) is 10.3 Å². The molecule has 18 heavy (non-hydrogen) atoms. The SMILES string of the molecule is c1ccc2oncc2c1.c1ccc2oncc2c1. The van der Waals surface area contributed by atoms with Crippen LogP contribution < -0.4 is 0 Å². The molecule has 0 amide bonds. The highest BCUT2D eigenvalue weighted by Crippen LogP contribution is 2.11. The van der Waals surface area contributed by atoms with Gasteiger partial charge in [0.15, 0.2) is 11.2 Å². The maximum absolute atomic E-state index is 4.87. The zero-order valence-electron chi connectivity index (χ0n) is 9.48. The monoisotopic (exact) mass is 238 g/mol. The van der Waals surface area contributed by atoms with Crippen LogP contribution in [0.25, 0.3) is 21.9 Å². The Hall–Kier alpha value is -2.62. The number of nitrogens with zero attached hydrogens (tertiary/aromatic N) is 2. The highest BCUT2D eigenvalue weighted by atomic mass is 16.5. The highest BCUT2D eigenvalue weighted by molar-refractivity contribution is 5.75. The summed E-state index contributed by atoms with van der Waals surface area (Å²) < 4.78 is 9.74. The number of hydrogen-bond donors (Lipinski definition) is 0. The van der Waals surface area contributed by atoms with Crippen LogP contribution in [0, 0.1) is 0 Å². The fraction of sp³-hybridized carbons (Fsp3) is 0. The van der Waals surface area contributed by atoms with Gasteiger partial charge in [-0.3, -0.25) is 0 Å². The molecular weight excluding hydrogens is 228 g/mol. The first-order valence-electron chi connectivity index (χ1n) is 5.52. The Kier molecular flexibility index (Phi) is 2.75. The van der Waals surface area contributed by atoms with Crippen molar-refractivity contribution in [3.63, 3.8) is 0 Å². The van der Waals surface area contributed by atoms with Gasteiger partial charge in [-0.25, -0.2) is 0 Å². The van der Waals surface area contributed by atoms with E-state index in [1.54, 1.807) is 12.4 Å². The molecular formula is C14H10N2O2. The molecule has 0 saturated heterocycles. The minimum atomic E-state index is 0.845. The normalized spacial score (nSPS) is 10.2. The second kappa shape index (κ2) is 4.71. The van der Waals surface area contributed by atoms with E-state index in [2.05, 4.69) is 10.3 Å². The van der Waals surface area contributed by atoms with E-state index in [-0.39, 0.29) is 0 Å². The summed E-state index contributed by atoms with van der Waals surface area (Å²) in [5, 5.41) is 9.36. The number of benzene rings is 2. The number of fused-ring (bicyclic) bond motifs is 2. The summed E-state index contributed by atoms with van der Waals surface area (Å²) in [5.74, 6) is 0. The second-order valence-electron chi connectivity index (χ2n) is 3.73. The van der Waals surface area contributed by atoms with Crippen molar-refractivity contribution in [2.24, 2.45) is 0 Å².